The van der Waals surface area contributed by atoms with Crippen LogP contribution in [-0.2, 0) is 19.1 Å². The Labute approximate surface area is 156 Å². The number of likely N-dealkylation sites (tertiary alicyclic amines) is 1. The number of ether oxygens (including phenoxy) is 2. The third-order valence-electron chi connectivity index (χ3n) is 3.66. The Morgan fingerprint density at radius 3 is 2.23 bits per heavy atom. The van der Waals surface area contributed by atoms with Gasteiger partial charge in [0, 0.05) is 19.5 Å². The van der Waals surface area contributed by atoms with Crippen molar-refractivity contribution in [3.05, 3.63) is 0 Å². The molecule has 0 bridgehead atoms. The van der Waals surface area contributed by atoms with Gasteiger partial charge in [-0.15, -0.1) is 0 Å². The molecule has 0 aromatic carbocycles. The molecule has 0 saturated carbocycles. The zero-order valence-corrected chi connectivity index (χ0v) is 17.3. The number of carbonyl (C=O) groups excluding carboxylic acids is 2. The minimum atomic E-state index is -0.720. The number of esters is 1. The molecule has 8 nitrogen and oxygen atoms in total. The number of hydrogen-bond donors (Lipinski definition) is 1. The smallest absolute Gasteiger partial charge is 0.410 e. The van der Waals surface area contributed by atoms with Crippen LogP contribution in [0, 0.1) is 0 Å². The molecule has 1 N–H and O–H groups in total. The Morgan fingerprint density at radius 2 is 1.73 bits per heavy atom. The van der Waals surface area contributed by atoms with Crippen molar-refractivity contribution in [2.75, 3.05) is 26.7 Å². The second-order valence-corrected chi connectivity index (χ2v) is 8.64. The Balaban J connectivity index is 2.85. The van der Waals surface area contributed by atoms with E-state index in [4.69, 9.17) is 14.3 Å². The first-order chi connectivity index (χ1) is 11.8. The van der Waals surface area contributed by atoms with E-state index in [1.165, 1.54) is 7.11 Å². The monoisotopic (exact) mass is 371 g/mol. The highest BCUT2D eigenvalue weighted by Crippen LogP contribution is 2.21. The third-order valence-corrected chi connectivity index (χ3v) is 3.66. The lowest BCUT2D eigenvalue weighted by Gasteiger charge is -2.41. The van der Waals surface area contributed by atoms with E-state index in [0.29, 0.717) is 19.5 Å². The van der Waals surface area contributed by atoms with E-state index in [0.717, 1.165) is 5.71 Å². The van der Waals surface area contributed by atoms with Gasteiger partial charge in [-0.25, -0.2) is 4.79 Å². The highest BCUT2D eigenvalue weighted by Gasteiger charge is 2.40. The first kappa shape index (κ1) is 22.2. The summed E-state index contributed by atoms with van der Waals surface area (Å²) in [5.74, 6) is -0.370. The van der Waals surface area contributed by atoms with Crippen molar-refractivity contribution in [3.8, 4) is 0 Å². The van der Waals surface area contributed by atoms with Crippen molar-refractivity contribution in [1.82, 2.24) is 10.2 Å². The fourth-order valence-electron chi connectivity index (χ4n) is 2.61. The number of nitrogens with zero attached hydrogens (tertiary/aromatic N) is 2. The molecule has 1 aliphatic rings. The van der Waals surface area contributed by atoms with Crippen molar-refractivity contribution < 1.29 is 23.9 Å². The second-order valence-electron chi connectivity index (χ2n) is 8.64. The van der Waals surface area contributed by atoms with Crippen LogP contribution in [0.25, 0.3) is 0 Å². The second kappa shape index (κ2) is 8.24. The average Bonchev–Trinajstić information content (AvgIpc) is 2.44. The molecule has 1 aliphatic heterocycles. The summed E-state index contributed by atoms with van der Waals surface area (Å²) < 4.78 is 10.8. The predicted octanol–water partition coefficient (Wildman–Crippen LogP) is 2.32. The molecule has 8 heteroatoms. The standard InChI is InChI=1S/C18H33N3O5/c1-16(2,3)25-14(22)11-19-18(7)12-21(10-9-13(18)20-24-8)15(23)26-17(4,5)6/h19H,9-12H2,1-8H3. The maximum Gasteiger partial charge on any atom is 0.410 e. The normalized spacial score (nSPS) is 22.9. The number of nitrogens with one attached hydrogen (secondary N) is 1. The van der Waals surface area contributed by atoms with E-state index in [1.54, 1.807) is 4.90 Å². The van der Waals surface area contributed by atoms with Crippen LogP contribution in [0.3, 0.4) is 0 Å². The summed E-state index contributed by atoms with van der Waals surface area (Å²) in [6.07, 6.45) is 0.129. The molecule has 1 heterocycles. The predicted molar refractivity (Wildman–Crippen MR) is 99.1 cm³/mol. The van der Waals surface area contributed by atoms with Gasteiger partial charge < -0.3 is 19.2 Å². The number of rotatable bonds is 4. The SMILES string of the molecule is CON=C1CCN(C(=O)OC(C)(C)C)CC1(C)NCC(=O)OC(C)(C)C. The highest BCUT2D eigenvalue weighted by atomic mass is 16.6. The number of oxime groups is 1. The molecule has 0 aliphatic carbocycles. The molecular formula is C18H33N3O5. The van der Waals surface area contributed by atoms with E-state index >= 15 is 0 Å². The lowest BCUT2D eigenvalue weighted by atomic mass is 9.89. The minimum Gasteiger partial charge on any atom is -0.459 e. The van der Waals surface area contributed by atoms with Gasteiger partial charge in [-0.05, 0) is 48.5 Å². The number of amides is 1. The van der Waals surface area contributed by atoms with Gasteiger partial charge in [0.25, 0.3) is 0 Å². The van der Waals surface area contributed by atoms with Crippen LogP contribution in [0.4, 0.5) is 4.79 Å². The first-order valence-corrected chi connectivity index (χ1v) is 8.81. The number of carbonyl (C=O) groups is 2. The maximum absolute atomic E-state index is 12.4. The zero-order chi connectivity index (χ0) is 20.2. The van der Waals surface area contributed by atoms with Crippen molar-refractivity contribution in [1.29, 1.82) is 0 Å². The average molecular weight is 371 g/mol. The van der Waals surface area contributed by atoms with Crippen LogP contribution >= 0.6 is 0 Å². The van der Waals surface area contributed by atoms with Crippen molar-refractivity contribution in [2.24, 2.45) is 5.16 Å². The van der Waals surface area contributed by atoms with Gasteiger partial charge in [0.2, 0.25) is 0 Å². The van der Waals surface area contributed by atoms with Gasteiger partial charge in [-0.3, -0.25) is 10.1 Å². The molecule has 1 rings (SSSR count). The van der Waals surface area contributed by atoms with Gasteiger partial charge >= 0.3 is 12.1 Å². The lowest BCUT2D eigenvalue weighted by Crippen LogP contribution is -2.63. The van der Waals surface area contributed by atoms with Gasteiger partial charge in [-0.1, -0.05) is 5.16 Å². The molecule has 0 spiro atoms. The van der Waals surface area contributed by atoms with Crippen molar-refractivity contribution in [3.63, 3.8) is 0 Å². The highest BCUT2D eigenvalue weighted by molar-refractivity contribution is 5.95. The van der Waals surface area contributed by atoms with Gasteiger partial charge in [0.05, 0.1) is 17.8 Å². The van der Waals surface area contributed by atoms with Crippen molar-refractivity contribution >= 4 is 17.8 Å². The van der Waals surface area contributed by atoms with E-state index in [2.05, 4.69) is 10.5 Å². The lowest BCUT2D eigenvalue weighted by molar-refractivity contribution is -0.153. The van der Waals surface area contributed by atoms with Crippen LogP contribution in [0.1, 0.15) is 54.9 Å². The van der Waals surface area contributed by atoms with Crippen LogP contribution in [0.5, 0.6) is 0 Å². The van der Waals surface area contributed by atoms with Crippen molar-refractivity contribution in [2.45, 2.75) is 71.6 Å². The molecular weight excluding hydrogens is 338 g/mol. The summed E-state index contributed by atoms with van der Waals surface area (Å²) in [5.41, 5.74) is -1.11. The van der Waals surface area contributed by atoms with Crippen LogP contribution in [0.15, 0.2) is 5.16 Å². The first-order valence-electron chi connectivity index (χ1n) is 8.81. The third kappa shape index (κ3) is 7.19. The Kier molecular flexibility index (Phi) is 7.04. The summed E-state index contributed by atoms with van der Waals surface area (Å²) >= 11 is 0. The molecule has 1 fully saturated rings. The molecule has 0 aromatic heterocycles. The van der Waals surface area contributed by atoms with E-state index in [9.17, 15) is 9.59 Å². The van der Waals surface area contributed by atoms with Gasteiger partial charge in [-0.2, -0.15) is 0 Å². The fourth-order valence-corrected chi connectivity index (χ4v) is 2.61. The molecule has 150 valence electrons. The Morgan fingerprint density at radius 1 is 1.15 bits per heavy atom. The summed E-state index contributed by atoms with van der Waals surface area (Å²) in [5, 5.41) is 7.25. The Hall–Kier alpha value is -1.83. The topological polar surface area (TPSA) is 89.5 Å². The van der Waals surface area contributed by atoms with Gasteiger partial charge in [0.1, 0.15) is 18.3 Å². The summed E-state index contributed by atoms with van der Waals surface area (Å²) in [6, 6.07) is 0. The molecule has 26 heavy (non-hydrogen) atoms. The molecule has 0 radical (unpaired) electrons. The van der Waals surface area contributed by atoms with Crippen LogP contribution in [-0.4, -0.2) is 66.2 Å². The molecule has 1 atom stereocenters. The summed E-state index contributed by atoms with van der Waals surface area (Å²) in [6.45, 7) is 13.6. The summed E-state index contributed by atoms with van der Waals surface area (Å²) in [7, 11) is 1.47. The van der Waals surface area contributed by atoms with Crippen LogP contribution < -0.4 is 5.32 Å². The van der Waals surface area contributed by atoms with E-state index < -0.39 is 16.7 Å². The fraction of sp³-hybridized carbons (Fsp3) is 0.833. The van der Waals surface area contributed by atoms with E-state index in [1.807, 2.05) is 48.5 Å². The van der Waals surface area contributed by atoms with Gasteiger partial charge in [0.15, 0.2) is 0 Å². The maximum atomic E-state index is 12.4. The molecule has 1 amide bonds. The molecule has 1 unspecified atom stereocenters. The summed E-state index contributed by atoms with van der Waals surface area (Å²) in [4.78, 5) is 31.0. The molecule has 0 aromatic rings. The molecule has 1 saturated heterocycles. The minimum absolute atomic E-state index is 0.00133. The number of piperidine rings is 1. The van der Waals surface area contributed by atoms with Crippen LogP contribution in [0.2, 0.25) is 0 Å². The zero-order valence-electron chi connectivity index (χ0n) is 17.3. The van der Waals surface area contributed by atoms with E-state index in [-0.39, 0.29) is 18.6 Å². The largest absolute Gasteiger partial charge is 0.459 e. The quantitative estimate of drug-likeness (QED) is 0.603. The number of hydrogen-bond acceptors (Lipinski definition) is 7. The Bertz CT molecular complexity index is 548.